The first-order chi connectivity index (χ1) is 16.2. The third kappa shape index (κ3) is 7.34. The van der Waals surface area contributed by atoms with Crippen molar-refractivity contribution in [2.24, 2.45) is 16.7 Å². The van der Waals surface area contributed by atoms with E-state index in [9.17, 15) is 0 Å². The van der Waals surface area contributed by atoms with E-state index in [-0.39, 0.29) is 16.7 Å². The van der Waals surface area contributed by atoms with E-state index in [0.717, 1.165) is 40.7 Å². The van der Waals surface area contributed by atoms with Crippen molar-refractivity contribution in [3.05, 3.63) is 48.5 Å². The van der Waals surface area contributed by atoms with Gasteiger partial charge in [0.2, 0.25) is 0 Å². The summed E-state index contributed by atoms with van der Waals surface area (Å²) in [5.74, 6) is 0.208. The highest BCUT2D eigenvalue weighted by Gasteiger charge is 2.42. The second kappa shape index (κ2) is 10.8. The average molecular weight is 496 g/mol. The number of benzene rings is 2. The molecule has 1 atom stereocenters. The number of thiocarbonyl (C=S) groups is 1. The molecule has 1 aliphatic heterocycles. The van der Waals surface area contributed by atoms with Gasteiger partial charge in [-0.1, -0.05) is 46.8 Å². The molecule has 1 heterocycles. The molecule has 5 nitrogen and oxygen atoms in total. The fourth-order valence-electron chi connectivity index (χ4n) is 5.16. The summed E-state index contributed by atoms with van der Waals surface area (Å²) in [7, 11) is 0. The van der Waals surface area contributed by atoms with Gasteiger partial charge in [0.1, 0.15) is 4.99 Å². The zero-order valence-corrected chi connectivity index (χ0v) is 23.9. The fourth-order valence-corrected chi connectivity index (χ4v) is 5.70. The zero-order valence-electron chi connectivity index (χ0n) is 23.1. The fraction of sp³-hybridized carbons (Fsp3) is 0.552. The third-order valence-corrected chi connectivity index (χ3v) is 6.72. The predicted octanol–water partition coefficient (Wildman–Crippen LogP) is 7.48. The summed E-state index contributed by atoms with van der Waals surface area (Å²) in [6.07, 6.45) is 1.08. The molecule has 3 N–H and O–H groups in total. The first-order valence-electron chi connectivity index (χ1n) is 12.9. The van der Waals surface area contributed by atoms with Gasteiger partial charge < -0.3 is 10.6 Å². The molecule has 0 aliphatic carbocycles. The Morgan fingerprint density at radius 2 is 1.29 bits per heavy atom. The number of anilines is 4. The molecule has 0 aromatic heterocycles. The van der Waals surface area contributed by atoms with Crippen LogP contribution in [-0.2, 0) is 0 Å². The van der Waals surface area contributed by atoms with Gasteiger partial charge in [-0.15, -0.1) is 5.53 Å². The Bertz CT molecular complexity index is 974. The number of hydrazine groups is 2. The summed E-state index contributed by atoms with van der Waals surface area (Å²) in [6, 6.07) is 18.0. The molecule has 2 aromatic carbocycles. The molecular formula is C29H45N5S. The lowest BCUT2D eigenvalue weighted by atomic mass is 9.68. The molecule has 3 rings (SSSR count). The van der Waals surface area contributed by atoms with Crippen LogP contribution in [0, 0.1) is 16.7 Å². The van der Waals surface area contributed by atoms with Crippen LogP contribution in [0.15, 0.2) is 48.5 Å². The van der Waals surface area contributed by atoms with E-state index in [1.54, 1.807) is 0 Å². The quantitative estimate of drug-likeness (QED) is 0.330. The van der Waals surface area contributed by atoms with Gasteiger partial charge in [0.25, 0.3) is 0 Å². The monoisotopic (exact) mass is 495 g/mol. The van der Waals surface area contributed by atoms with Gasteiger partial charge in [0.05, 0.1) is 11.4 Å². The van der Waals surface area contributed by atoms with Gasteiger partial charge >= 0.3 is 0 Å². The summed E-state index contributed by atoms with van der Waals surface area (Å²) in [5, 5.41) is 11.3. The van der Waals surface area contributed by atoms with Gasteiger partial charge in [-0.05, 0) is 93.5 Å². The van der Waals surface area contributed by atoms with Crippen molar-refractivity contribution in [2.45, 2.75) is 80.8 Å². The zero-order chi connectivity index (χ0) is 26.0. The Hall–Kier alpha value is -2.31. The van der Waals surface area contributed by atoms with Crippen LogP contribution in [-0.4, -0.2) is 23.6 Å². The van der Waals surface area contributed by atoms with Crippen molar-refractivity contribution in [3.8, 4) is 0 Å². The second-order valence-corrected chi connectivity index (χ2v) is 12.8. The third-order valence-electron chi connectivity index (χ3n) is 6.25. The number of hydrogen-bond donors (Lipinski definition) is 3. The van der Waals surface area contributed by atoms with Crippen molar-refractivity contribution in [1.29, 1.82) is 0 Å². The van der Waals surface area contributed by atoms with E-state index in [1.807, 2.05) is 0 Å². The van der Waals surface area contributed by atoms with Crippen molar-refractivity contribution in [3.63, 3.8) is 0 Å². The Morgan fingerprint density at radius 3 is 1.71 bits per heavy atom. The molecule has 192 valence electrons. The van der Waals surface area contributed by atoms with Gasteiger partial charge in [0, 0.05) is 35.9 Å². The number of nitrogens with one attached hydrogen (secondary N) is 3. The van der Waals surface area contributed by atoms with Crippen molar-refractivity contribution in [1.82, 2.24) is 5.53 Å². The van der Waals surface area contributed by atoms with Crippen LogP contribution in [0.3, 0.4) is 0 Å². The molecule has 1 aliphatic rings. The molecule has 35 heavy (non-hydrogen) atoms. The van der Waals surface area contributed by atoms with Gasteiger partial charge in [-0.2, -0.15) is 0 Å². The highest BCUT2D eigenvalue weighted by Crippen LogP contribution is 2.42. The summed E-state index contributed by atoms with van der Waals surface area (Å²) in [6.45, 7) is 21.1. The maximum atomic E-state index is 6.15. The van der Waals surface area contributed by atoms with Crippen molar-refractivity contribution in [2.75, 3.05) is 27.2 Å². The molecule has 1 saturated heterocycles. The number of nitrogens with zero attached hydrogens (tertiary/aromatic N) is 2. The maximum Gasteiger partial charge on any atom is 0.105 e. The SMILES string of the molecule is CC(C)Nc1ccc(N2C[C@H](C(C)(C)CC(C)(C)C)C(=S)N(c3ccc(NC(C)C)cc3)N2)cc1. The molecule has 0 radical (unpaired) electrons. The molecule has 0 unspecified atom stereocenters. The minimum Gasteiger partial charge on any atom is -0.383 e. The Morgan fingerprint density at radius 1 is 0.829 bits per heavy atom. The van der Waals surface area contributed by atoms with Crippen LogP contribution in [0.2, 0.25) is 0 Å². The van der Waals surface area contributed by atoms with Crippen LogP contribution in [0.5, 0.6) is 0 Å². The molecule has 0 spiro atoms. The molecule has 0 amide bonds. The minimum atomic E-state index is 0.0339. The lowest BCUT2D eigenvalue weighted by Gasteiger charge is -2.49. The summed E-state index contributed by atoms with van der Waals surface area (Å²) in [5.41, 5.74) is 8.27. The maximum absolute atomic E-state index is 6.15. The predicted molar refractivity (Wildman–Crippen MR) is 157 cm³/mol. The lowest BCUT2D eigenvalue weighted by molar-refractivity contribution is 0.163. The van der Waals surface area contributed by atoms with Crippen LogP contribution in [0.25, 0.3) is 0 Å². The minimum absolute atomic E-state index is 0.0339. The Balaban J connectivity index is 1.94. The Labute approximate surface area is 218 Å². The highest BCUT2D eigenvalue weighted by atomic mass is 32.1. The first-order valence-corrected chi connectivity index (χ1v) is 13.3. The second-order valence-electron chi connectivity index (χ2n) is 12.4. The van der Waals surface area contributed by atoms with E-state index < -0.39 is 0 Å². The molecule has 6 heteroatoms. The molecule has 1 fully saturated rings. The molecule has 0 bridgehead atoms. The van der Waals surface area contributed by atoms with Crippen LogP contribution >= 0.6 is 12.2 Å². The van der Waals surface area contributed by atoms with E-state index in [2.05, 4.69) is 137 Å². The van der Waals surface area contributed by atoms with Crippen molar-refractivity contribution >= 4 is 40.0 Å². The van der Waals surface area contributed by atoms with Gasteiger partial charge in [-0.25, -0.2) is 0 Å². The van der Waals surface area contributed by atoms with E-state index in [0.29, 0.717) is 12.1 Å². The van der Waals surface area contributed by atoms with E-state index in [4.69, 9.17) is 12.2 Å². The van der Waals surface area contributed by atoms with Gasteiger partial charge in [-0.3, -0.25) is 10.0 Å². The van der Waals surface area contributed by atoms with Crippen LogP contribution in [0.4, 0.5) is 22.7 Å². The number of hydrogen-bond acceptors (Lipinski definition) is 5. The van der Waals surface area contributed by atoms with E-state index >= 15 is 0 Å². The average Bonchev–Trinajstić information content (AvgIpc) is 2.72. The lowest BCUT2D eigenvalue weighted by Crippen LogP contribution is -2.64. The van der Waals surface area contributed by atoms with E-state index in [1.165, 1.54) is 0 Å². The Kier molecular flexibility index (Phi) is 8.38. The highest BCUT2D eigenvalue weighted by molar-refractivity contribution is 7.80. The van der Waals surface area contributed by atoms with Crippen LogP contribution < -0.4 is 26.2 Å². The summed E-state index contributed by atoms with van der Waals surface area (Å²) >= 11 is 6.15. The normalized spacial score (nSPS) is 17.3. The van der Waals surface area contributed by atoms with Gasteiger partial charge in [0.15, 0.2) is 0 Å². The molecule has 0 saturated carbocycles. The molecule has 2 aromatic rings. The first kappa shape index (κ1) is 27.3. The molecular weight excluding hydrogens is 450 g/mol. The largest absolute Gasteiger partial charge is 0.383 e. The van der Waals surface area contributed by atoms with Crippen LogP contribution in [0.1, 0.15) is 68.7 Å². The number of rotatable bonds is 8. The topological polar surface area (TPSA) is 42.6 Å². The van der Waals surface area contributed by atoms with Crippen molar-refractivity contribution < 1.29 is 0 Å². The summed E-state index contributed by atoms with van der Waals surface area (Å²) < 4.78 is 0. The smallest absolute Gasteiger partial charge is 0.105 e. The standard InChI is InChI=1S/C29H45N5S/c1-20(2)30-22-10-14-24(15-11-22)33-18-26(29(8,9)19-28(5,6)7)27(35)34(32-33)25-16-12-23(13-17-25)31-21(3)4/h10-17,20-21,26,30-32H,18-19H2,1-9H3/t26-/m0/s1. The summed E-state index contributed by atoms with van der Waals surface area (Å²) in [4.78, 5) is 0.943.